The van der Waals surface area contributed by atoms with Crippen molar-refractivity contribution in [3.05, 3.63) is 68.2 Å². The quantitative estimate of drug-likeness (QED) is 0.460. The molecule has 1 fully saturated rings. The molecular weight excluding hydrogens is 487 g/mol. The van der Waals surface area contributed by atoms with Gasteiger partial charge in [-0.1, -0.05) is 44.5 Å². The molecule has 10 heteroatoms. The third-order valence-corrected chi connectivity index (χ3v) is 6.92. The van der Waals surface area contributed by atoms with Gasteiger partial charge >= 0.3 is 5.97 Å². The van der Waals surface area contributed by atoms with Crippen LogP contribution >= 0.6 is 11.6 Å². The van der Waals surface area contributed by atoms with E-state index in [-0.39, 0.29) is 29.1 Å². The maximum Gasteiger partial charge on any atom is 0.341 e. The Labute approximate surface area is 213 Å². The van der Waals surface area contributed by atoms with Gasteiger partial charge in [-0.3, -0.25) is 4.79 Å². The number of aromatic nitrogens is 2. The number of nitrogens with one attached hydrogen (secondary N) is 1. The summed E-state index contributed by atoms with van der Waals surface area (Å²) in [6.07, 6.45) is 1.39. The standard InChI is InChI=1S/C26H30ClFN4O4/c1-26(2,3)20(14-33)32-13-18(25(35)36)22(34)17-12-16(11-15-5-4-6-19(27)21(15)28)23(30-24(17)32)31-9-7-29-8-10-31/h4-6,12-13,20,29,33H,7-11,14H2,1-3H3,(H,35,36)/t20-/m1/s1. The van der Waals surface area contributed by atoms with Crippen molar-refractivity contribution < 1.29 is 19.4 Å². The summed E-state index contributed by atoms with van der Waals surface area (Å²) in [6, 6.07) is 5.82. The number of halogens is 2. The topological polar surface area (TPSA) is 108 Å². The second-order valence-corrected chi connectivity index (χ2v) is 10.5. The normalized spacial score (nSPS) is 15.3. The number of benzene rings is 1. The lowest BCUT2D eigenvalue weighted by atomic mass is 9.86. The van der Waals surface area contributed by atoms with Crippen LogP contribution in [0.5, 0.6) is 0 Å². The minimum absolute atomic E-state index is 0.00328. The van der Waals surface area contributed by atoms with Crippen molar-refractivity contribution >= 4 is 34.4 Å². The molecule has 0 radical (unpaired) electrons. The van der Waals surface area contributed by atoms with E-state index in [0.29, 0.717) is 30.0 Å². The number of carboxylic acid groups (broad SMARTS) is 1. The van der Waals surface area contributed by atoms with Crippen LogP contribution in [0.2, 0.25) is 5.02 Å². The number of pyridine rings is 2. The van der Waals surface area contributed by atoms with Crippen LogP contribution in [0, 0.1) is 11.2 Å². The second-order valence-electron chi connectivity index (χ2n) is 10.1. The number of piperazine rings is 1. The minimum atomic E-state index is -1.37. The summed E-state index contributed by atoms with van der Waals surface area (Å²) in [5.41, 5.74) is -0.340. The van der Waals surface area contributed by atoms with Crippen molar-refractivity contribution in [3.63, 3.8) is 0 Å². The van der Waals surface area contributed by atoms with Gasteiger partial charge in [0.1, 0.15) is 22.8 Å². The fourth-order valence-corrected chi connectivity index (χ4v) is 4.84. The first-order valence-corrected chi connectivity index (χ1v) is 12.2. The van der Waals surface area contributed by atoms with Crippen molar-refractivity contribution in [2.45, 2.75) is 33.2 Å². The van der Waals surface area contributed by atoms with Crippen molar-refractivity contribution in [1.82, 2.24) is 14.9 Å². The fourth-order valence-electron chi connectivity index (χ4n) is 4.64. The van der Waals surface area contributed by atoms with Gasteiger partial charge < -0.3 is 25.0 Å². The van der Waals surface area contributed by atoms with Crippen molar-refractivity contribution in [2.75, 3.05) is 37.7 Å². The Bertz CT molecular complexity index is 1360. The van der Waals surface area contributed by atoms with Crippen LogP contribution in [0.15, 0.2) is 35.3 Å². The van der Waals surface area contributed by atoms with Crippen molar-refractivity contribution in [3.8, 4) is 0 Å². The summed E-state index contributed by atoms with van der Waals surface area (Å²) < 4.78 is 16.4. The molecule has 192 valence electrons. The fraction of sp³-hybridized carbons (Fsp3) is 0.423. The third-order valence-electron chi connectivity index (χ3n) is 6.63. The van der Waals surface area contributed by atoms with E-state index in [2.05, 4.69) is 10.2 Å². The van der Waals surface area contributed by atoms with E-state index in [1.165, 1.54) is 12.3 Å². The van der Waals surface area contributed by atoms with Crippen molar-refractivity contribution in [1.29, 1.82) is 0 Å². The van der Waals surface area contributed by atoms with Gasteiger partial charge in [-0.25, -0.2) is 14.2 Å². The average molecular weight is 517 g/mol. The number of aromatic carboxylic acids is 1. The Kier molecular flexibility index (Phi) is 7.36. The smallest absolute Gasteiger partial charge is 0.341 e. The Morgan fingerprint density at radius 2 is 1.94 bits per heavy atom. The van der Waals surface area contributed by atoms with E-state index in [1.54, 1.807) is 22.8 Å². The van der Waals surface area contributed by atoms with Crippen LogP contribution in [0.1, 0.15) is 48.3 Å². The highest BCUT2D eigenvalue weighted by atomic mass is 35.5. The molecule has 0 spiro atoms. The van der Waals surface area contributed by atoms with Crippen LogP contribution in [-0.2, 0) is 6.42 Å². The number of carboxylic acids is 1. The number of carbonyl (C=O) groups is 1. The Hall–Kier alpha value is -3.01. The number of anilines is 1. The molecule has 1 atom stereocenters. The maximum absolute atomic E-state index is 14.8. The monoisotopic (exact) mass is 516 g/mol. The molecule has 0 saturated carbocycles. The van der Waals surface area contributed by atoms with Gasteiger partial charge in [-0.05, 0) is 23.1 Å². The number of hydrogen-bond donors (Lipinski definition) is 3. The average Bonchev–Trinajstić information content (AvgIpc) is 2.83. The summed E-state index contributed by atoms with van der Waals surface area (Å²) in [4.78, 5) is 32.2. The van der Waals surface area contributed by atoms with E-state index in [9.17, 15) is 24.2 Å². The van der Waals surface area contributed by atoms with Gasteiger partial charge in [0.25, 0.3) is 0 Å². The first-order chi connectivity index (χ1) is 17.0. The number of nitrogens with zero attached hydrogens (tertiary/aromatic N) is 3. The Morgan fingerprint density at radius 3 is 2.56 bits per heavy atom. The number of fused-ring (bicyclic) bond motifs is 1. The molecule has 4 rings (SSSR count). The predicted molar refractivity (Wildman–Crippen MR) is 138 cm³/mol. The van der Waals surface area contributed by atoms with Crippen LogP contribution in [-0.4, -0.2) is 58.5 Å². The predicted octanol–water partition coefficient (Wildman–Crippen LogP) is 3.47. The molecule has 3 aromatic rings. The van der Waals surface area contributed by atoms with Gasteiger partial charge in [0.05, 0.1) is 23.1 Å². The highest BCUT2D eigenvalue weighted by molar-refractivity contribution is 6.30. The van der Waals surface area contributed by atoms with E-state index in [0.717, 1.165) is 13.1 Å². The molecule has 0 amide bonds. The zero-order valence-corrected chi connectivity index (χ0v) is 21.3. The van der Waals surface area contributed by atoms with Crippen LogP contribution in [0.25, 0.3) is 11.0 Å². The molecule has 1 aromatic carbocycles. The molecule has 0 unspecified atom stereocenters. The van der Waals surface area contributed by atoms with Crippen LogP contribution < -0.4 is 15.6 Å². The molecule has 36 heavy (non-hydrogen) atoms. The molecule has 8 nitrogen and oxygen atoms in total. The molecular formula is C26H30ClFN4O4. The van der Waals surface area contributed by atoms with Gasteiger partial charge in [-0.15, -0.1) is 0 Å². The lowest BCUT2D eigenvalue weighted by Gasteiger charge is -2.34. The highest BCUT2D eigenvalue weighted by Crippen LogP contribution is 2.34. The molecule has 1 aliphatic rings. The maximum atomic E-state index is 14.8. The molecule has 3 N–H and O–H groups in total. The molecule has 1 aliphatic heterocycles. The van der Waals surface area contributed by atoms with Gasteiger partial charge in [-0.2, -0.15) is 0 Å². The lowest BCUT2D eigenvalue weighted by molar-refractivity contribution is 0.0692. The Balaban J connectivity index is 2.04. The molecule has 0 bridgehead atoms. The zero-order valence-electron chi connectivity index (χ0n) is 20.5. The van der Waals surface area contributed by atoms with E-state index in [4.69, 9.17) is 16.6 Å². The van der Waals surface area contributed by atoms with Crippen LogP contribution in [0.4, 0.5) is 10.2 Å². The zero-order chi connectivity index (χ0) is 26.2. The summed E-state index contributed by atoms with van der Waals surface area (Å²) in [7, 11) is 0. The highest BCUT2D eigenvalue weighted by Gasteiger charge is 2.30. The second kappa shape index (κ2) is 10.2. The number of hydrogen-bond acceptors (Lipinski definition) is 6. The number of aliphatic hydroxyl groups is 1. The number of rotatable bonds is 6. The van der Waals surface area contributed by atoms with Crippen molar-refractivity contribution in [2.24, 2.45) is 5.41 Å². The van der Waals surface area contributed by atoms with E-state index < -0.39 is 34.2 Å². The number of aliphatic hydroxyl groups excluding tert-OH is 1. The van der Waals surface area contributed by atoms with Gasteiger partial charge in [0.15, 0.2) is 0 Å². The largest absolute Gasteiger partial charge is 0.477 e. The molecule has 3 heterocycles. The first-order valence-electron chi connectivity index (χ1n) is 11.8. The van der Waals surface area contributed by atoms with E-state index in [1.807, 2.05) is 20.8 Å². The first kappa shape index (κ1) is 26.1. The van der Waals surface area contributed by atoms with E-state index >= 15 is 0 Å². The third kappa shape index (κ3) is 4.96. The molecule has 2 aromatic heterocycles. The minimum Gasteiger partial charge on any atom is -0.477 e. The summed E-state index contributed by atoms with van der Waals surface area (Å²) in [5.74, 6) is -1.32. The summed E-state index contributed by atoms with van der Waals surface area (Å²) in [5, 5.41) is 23.4. The SMILES string of the molecule is CC(C)(C)[C@@H](CO)n1cc(C(=O)O)c(=O)c2cc(Cc3cccc(Cl)c3F)c(N3CCNCC3)nc21. The van der Waals surface area contributed by atoms with Gasteiger partial charge in [0.2, 0.25) is 5.43 Å². The lowest BCUT2D eigenvalue weighted by Crippen LogP contribution is -2.44. The van der Waals surface area contributed by atoms with Crippen LogP contribution in [0.3, 0.4) is 0 Å². The molecule has 0 aliphatic carbocycles. The summed E-state index contributed by atoms with van der Waals surface area (Å²) >= 11 is 6.01. The Morgan fingerprint density at radius 1 is 1.25 bits per heavy atom. The van der Waals surface area contributed by atoms with Gasteiger partial charge in [0, 0.05) is 44.4 Å². The summed E-state index contributed by atoms with van der Waals surface area (Å²) in [6.45, 7) is 8.27. The molecule has 1 saturated heterocycles.